The quantitative estimate of drug-likeness (QED) is 0.872. The fraction of sp³-hybridized carbons (Fsp3) is 0.214. The number of nitrogens with zero attached hydrogens (tertiary/aromatic N) is 1. The van der Waals surface area contributed by atoms with E-state index in [9.17, 15) is 0 Å². The van der Waals surface area contributed by atoms with Crippen LogP contribution in [0.5, 0.6) is 5.75 Å². The van der Waals surface area contributed by atoms with Gasteiger partial charge in [0, 0.05) is 22.8 Å². The van der Waals surface area contributed by atoms with Crippen LogP contribution in [0.1, 0.15) is 6.92 Å². The first-order valence-corrected chi connectivity index (χ1v) is 6.81. The van der Waals surface area contributed by atoms with Crippen LogP contribution in [-0.4, -0.2) is 18.6 Å². The van der Waals surface area contributed by atoms with Gasteiger partial charge in [-0.25, -0.2) is 0 Å². The van der Waals surface area contributed by atoms with Crippen molar-refractivity contribution < 1.29 is 4.74 Å². The number of nitrogens with one attached hydrogen (secondary N) is 2. The largest absolute Gasteiger partial charge is 0.497 e. The van der Waals surface area contributed by atoms with Gasteiger partial charge in [-0.05, 0) is 25.1 Å². The summed E-state index contributed by atoms with van der Waals surface area (Å²) in [6, 6.07) is 7.86. The molecule has 0 aliphatic heterocycles. The Morgan fingerprint density at radius 2 is 1.89 bits per heavy atom. The molecule has 0 spiro atoms. The van der Waals surface area contributed by atoms with Crippen LogP contribution in [0.3, 0.4) is 0 Å². The van der Waals surface area contributed by atoms with Crippen molar-refractivity contribution in [1.82, 2.24) is 4.98 Å². The Balaban J connectivity index is 2.20. The molecular weight excluding hydrogens is 306 g/mol. The van der Waals surface area contributed by atoms with Crippen molar-refractivity contribution in [3.63, 3.8) is 0 Å². The van der Waals surface area contributed by atoms with Gasteiger partial charge in [0.1, 0.15) is 5.75 Å². The molecule has 0 atom stereocenters. The van der Waals surface area contributed by atoms with E-state index in [4.69, 9.17) is 4.74 Å². The molecule has 1 aromatic carbocycles. The van der Waals surface area contributed by atoms with Gasteiger partial charge in [-0.3, -0.25) is 4.98 Å². The minimum absolute atomic E-state index is 0.799. The van der Waals surface area contributed by atoms with Crippen LogP contribution in [-0.2, 0) is 0 Å². The predicted octanol–water partition coefficient (Wildman–Crippen LogP) is 4.03. The van der Waals surface area contributed by atoms with Crippen molar-refractivity contribution in [3.05, 3.63) is 41.1 Å². The Morgan fingerprint density at radius 3 is 2.63 bits per heavy atom. The molecule has 0 fully saturated rings. The van der Waals surface area contributed by atoms with E-state index in [1.54, 1.807) is 19.5 Å². The normalized spacial score (nSPS) is 10.1. The molecular formula is C14H16BrN3O. The van der Waals surface area contributed by atoms with Crippen LogP contribution < -0.4 is 15.4 Å². The predicted molar refractivity (Wildman–Crippen MR) is 82.4 cm³/mol. The number of rotatable bonds is 5. The van der Waals surface area contributed by atoms with Gasteiger partial charge >= 0.3 is 0 Å². The molecule has 0 radical (unpaired) electrons. The fourth-order valence-electron chi connectivity index (χ4n) is 1.73. The van der Waals surface area contributed by atoms with Crippen molar-refractivity contribution >= 4 is 33.0 Å². The van der Waals surface area contributed by atoms with Crippen LogP contribution in [0.2, 0.25) is 0 Å². The van der Waals surface area contributed by atoms with Gasteiger partial charge in [0.2, 0.25) is 0 Å². The third-order valence-electron chi connectivity index (χ3n) is 2.51. The van der Waals surface area contributed by atoms with E-state index in [0.29, 0.717) is 0 Å². The lowest BCUT2D eigenvalue weighted by atomic mass is 10.3. The number of halogens is 1. The number of pyridine rings is 1. The highest BCUT2D eigenvalue weighted by atomic mass is 79.9. The highest BCUT2D eigenvalue weighted by Crippen LogP contribution is 2.27. The monoisotopic (exact) mass is 321 g/mol. The van der Waals surface area contributed by atoms with Crippen LogP contribution in [0.15, 0.2) is 41.1 Å². The van der Waals surface area contributed by atoms with Gasteiger partial charge in [0.25, 0.3) is 0 Å². The molecule has 2 aromatic rings. The lowest BCUT2D eigenvalue weighted by Crippen LogP contribution is -1.98. The second-order valence-electron chi connectivity index (χ2n) is 4.00. The van der Waals surface area contributed by atoms with Gasteiger partial charge in [-0.15, -0.1) is 0 Å². The summed E-state index contributed by atoms with van der Waals surface area (Å²) in [6.07, 6.45) is 3.59. The number of hydrogen-bond acceptors (Lipinski definition) is 4. The van der Waals surface area contributed by atoms with Gasteiger partial charge in [-0.1, -0.05) is 15.9 Å². The van der Waals surface area contributed by atoms with E-state index < -0.39 is 0 Å². The molecule has 100 valence electrons. The summed E-state index contributed by atoms with van der Waals surface area (Å²) < 4.78 is 6.20. The minimum atomic E-state index is 0.799. The molecule has 0 saturated carbocycles. The maximum absolute atomic E-state index is 5.24. The molecule has 0 saturated heterocycles. The zero-order chi connectivity index (χ0) is 13.7. The third kappa shape index (κ3) is 3.86. The Kier molecular flexibility index (Phi) is 4.63. The lowest BCUT2D eigenvalue weighted by molar-refractivity contribution is 0.415. The highest BCUT2D eigenvalue weighted by molar-refractivity contribution is 9.10. The fourth-order valence-corrected chi connectivity index (χ4v) is 2.20. The molecule has 2 rings (SSSR count). The van der Waals surface area contributed by atoms with E-state index in [0.717, 1.165) is 33.8 Å². The summed E-state index contributed by atoms with van der Waals surface area (Å²) >= 11 is 3.46. The van der Waals surface area contributed by atoms with Crippen molar-refractivity contribution in [2.75, 3.05) is 24.3 Å². The molecule has 0 bridgehead atoms. The molecule has 0 aliphatic carbocycles. The van der Waals surface area contributed by atoms with Gasteiger partial charge in [0.15, 0.2) is 0 Å². The number of ether oxygens (including phenoxy) is 1. The molecule has 1 aromatic heterocycles. The standard InChI is InChI=1S/C14H16BrN3O/c1-3-17-12-6-13(9-16-8-12)18-11-4-10(15)5-14(7-11)19-2/h4-9,17-18H,3H2,1-2H3. The summed E-state index contributed by atoms with van der Waals surface area (Å²) in [4.78, 5) is 4.20. The van der Waals surface area contributed by atoms with E-state index in [1.165, 1.54) is 0 Å². The highest BCUT2D eigenvalue weighted by Gasteiger charge is 2.01. The second-order valence-corrected chi connectivity index (χ2v) is 4.91. The maximum Gasteiger partial charge on any atom is 0.122 e. The van der Waals surface area contributed by atoms with Crippen LogP contribution in [0, 0.1) is 0 Å². The first kappa shape index (κ1) is 13.7. The van der Waals surface area contributed by atoms with E-state index in [-0.39, 0.29) is 0 Å². The zero-order valence-electron chi connectivity index (χ0n) is 10.9. The Morgan fingerprint density at radius 1 is 1.11 bits per heavy atom. The zero-order valence-corrected chi connectivity index (χ0v) is 12.5. The summed E-state index contributed by atoms with van der Waals surface area (Å²) in [7, 11) is 1.65. The van der Waals surface area contributed by atoms with Crippen molar-refractivity contribution in [3.8, 4) is 5.75 Å². The van der Waals surface area contributed by atoms with Crippen molar-refractivity contribution in [2.45, 2.75) is 6.92 Å². The van der Waals surface area contributed by atoms with Crippen LogP contribution in [0.25, 0.3) is 0 Å². The van der Waals surface area contributed by atoms with Gasteiger partial charge < -0.3 is 15.4 Å². The van der Waals surface area contributed by atoms with Gasteiger partial charge in [-0.2, -0.15) is 0 Å². The third-order valence-corrected chi connectivity index (χ3v) is 2.97. The van der Waals surface area contributed by atoms with E-state index in [2.05, 4.69) is 38.5 Å². The number of methoxy groups -OCH3 is 1. The summed E-state index contributed by atoms with van der Waals surface area (Å²) in [5.41, 5.74) is 2.87. The Labute approximate surface area is 121 Å². The summed E-state index contributed by atoms with van der Waals surface area (Å²) in [5.74, 6) is 0.799. The molecule has 0 unspecified atom stereocenters. The summed E-state index contributed by atoms with van der Waals surface area (Å²) in [5, 5.41) is 6.54. The average molecular weight is 322 g/mol. The number of benzene rings is 1. The SMILES string of the molecule is CCNc1cncc(Nc2cc(Br)cc(OC)c2)c1. The van der Waals surface area contributed by atoms with Crippen molar-refractivity contribution in [2.24, 2.45) is 0 Å². The smallest absolute Gasteiger partial charge is 0.122 e. The van der Waals surface area contributed by atoms with Crippen LogP contribution >= 0.6 is 15.9 Å². The van der Waals surface area contributed by atoms with E-state index >= 15 is 0 Å². The molecule has 0 aliphatic rings. The maximum atomic E-state index is 5.24. The lowest BCUT2D eigenvalue weighted by Gasteiger charge is -2.10. The topological polar surface area (TPSA) is 46.2 Å². The Hall–Kier alpha value is -1.75. The Bertz CT molecular complexity index is 560. The summed E-state index contributed by atoms with van der Waals surface area (Å²) in [6.45, 7) is 2.93. The number of anilines is 3. The second kappa shape index (κ2) is 6.43. The molecule has 4 nitrogen and oxygen atoms in total. The molecule has 1 heterocycles. The average Bonchev–Trinajstić information content (AvgIpc) is 2.39. The molecule has 2 N–H and O–H groups in total. The van der Waals surface area contributed by atoms with Gasteiger partial charge in [0.05, 0.1) is 30.9 Å². The number of hydrogen-bond donors (Lipinski definition) is 2. The van der Waals surface area contributed by atoms with Crippen LogP contribution in [0.4, 0.5) is 17.1 Å². The molecule has 5 heteroatoms. The molecule has 19 heavy (non-hydrogen) atoms. The number of aromatic nitrogens is 1. The minimum Gasteiger partial charge on any atom is -0.497 e. The first-order valence-electron chi connectivity index (χ1n) is 6.02. The van der Waals surface area contributed by atoms with E-state index in [1.807, 2.05) is 24.3 Å². The molecule has 0 amide bonds. The van der Waals surface area contributed by atoms with Crippen molar-refractivity contribution in [1.29, 1.82) is 0 Å². The first-order chi connectivity index (χ1) is 9.21.